The quantitative estimate of drug-likeness (QED) is 0.603. The minimum atomic E-state index is -3.59. The lowest BCUT2D eigenvalue weighted by atomic mass is 10.1. The SMILES string of the molecule is CCN(CC)S(=O)(=O)c1ccc(C)c(C(=O)NCCCN(C)c2ccccc2)c1. The molecule has 29 heavy (non-hydrogen) atoms. The topological polar surface area (TPSA) is 69.7 Å². The van der Waals surface area contributed by atoms with Gasteiger partial charge < -0.3 is 10.2 Å². The van der Waals surface area contributed by atoms with E-state index in [1.807, 2.05) is 44.3 Å². The lowest BCUT2D eigenvalue weighted by Gasteiger charge is -2.20. The maximum Gasteiger partial charge on any atom is 0.251 e. The molecule has 0 aliphatic heterocycles. The summed E-state index contributed by atoms with van der Waals surface area (Å²) in [5.41, 5.74) is 2.28. The zero-order valence-electron chi connectivity index (χ0n) is 17.7. The van der Waals surface area contributed by atoms with Gasteiger partial charge in [-0.25, -0.2) is 8.42 Å². The first-order valence-electron chi connectivity index (χ1n) is 9.96. The van der Waals surface area contributed by atoms with Crippen LogP contribution in [-0.2, 0) is 10.0 Å². The summed E-state index contributed by atoms with van der Waals surface area (Å²) < 4.78 is 26.9. The molecule has 0 radical (unpaired) electrons. The van der Waals surface area contributed by atoms with Crippen LogP contribution in [0.4, 0.5) is 5.69 Å². The minimum absolute atomic E-state index is 0.153. The third-order valence-electron chi connectivity index (χ3n) is 4.95. The second-order valence-corrected chi connectivity index (χ2v) is 8.87. The van der Waals surface area contributed by atoms with Crippen molar-refractivity contribution in [3.8, 4) is 0 Å². The predicted octanol–water partition coefficient (Wildman–Crippen LogP) is 3.28. The fourth-order valence-electron chi connectivity index (χ4n) is 3.14. The Morgan fingerprint density at radius 1 is 1.03 bits per heavy atom. The van der Waals surface area contributed by atoms with Gasteiger partial charge in [-0.05, 0) is 43.2 Å². The van der Waals surface area contributed by atoms with Gasteiger partial charge in [0.15, 0.2) is 0 Å². The summed E-state index contributed by atoms with van der Waals surface area (Å²) in [6.45, 7) is 7.52. The largest absolute Gasteiger partial charge is 0.375 e. The van der Waals surface area contributed by atoms with Crippen molar-refractivity contribution in [1.82, 2.24) is 9.62 Å². The van der Waals surface area contributed by atoms with E-state index in [9.17, 15) is 13.2 Å². The van der Waals surface area contributed by atoms with Gasteiger partial charge in [-0.15, -0.1) is 0 Å². The van der Waals surface area contributed by atoms with E-state index in [1.54, 1.807) is 26.0 Å². The van der Waals surface area contributed by atoms with Crippen LogP contribution in [-0.4, -0.2) is 51.9 Å². The molecule has 0 atom stereocenters. The van der Waals surface area contributed by atoms with Gasteiger partial charge in [0.05, 0.1) is 4.90 Å². The highest BCUT2D eigenvalue weighted by Gasteiger charge is 2.23. The van der Waals surface area contributed by atoms with E-state index in [-0.39, 0.29) is 10.8 Å². The van der Waals surface area contributed by atoms with Crippen LogP contribution in [0.3, 0.4) is 0 Å². The van der Waals surface area contributed by atoms with Gasteiger partial charge in [0.2, 0.25) is 10.0 Å². The van der Waals surface area contributed by atoms with E-state index < -0.39 is 10.0 Å². The first-order valence-corrected chi connectivity index (χ1v) is 11.4. The number of benzene rings is 2. The van der Waals surface area contributed by atoms with Gasteiger partial charge in [-0.1, -0.05) is 38.1 Å². The Balaban J connectivity index is 2.00. The third kappa shape index (κ3) is 5.81. The number of amides is 1. The van der Waals surface area contributed by atoms with Crippen LogP contribution >= 0.6 is 0 Å². The Kier molecular flexibility index (Phi) is 8.22. The molecule has 0 aliphatic rings. The average Bonchev–Trinajstić information content (AvgIpc) is 2.72. The second-order valence-electron chi connectivity index (χ2n) is 6.93. The number of hydrogen-bond donors (Lipinski definition) is 1. The van der Waals surface area contributed by atoms with E-state index in [0.717, 1.165) is 24.2 Å². The van der Waals surface area contributed by atoms with E-state index >= 15 is 0 Å². The first kappa shape index (κ1) is 22.9. The van der Waals surface area contributed by atoms with Gasteiger partial charge in [-0.3, -0.25) is 4.79 Å². The standard InChI is InChI=1S/C22H31N3O3S/c1-5-25(6-2)29(27,28)20-14-13-18(3)21(17-20)22(26)23-15-10-16-24(4)19-11-8-7-9-12-19/h7-9,11-14,17H,5-6,10,15-16H2,1-4H3,(H,23,26). The van der Waals surface area contributed by atoms with Crippen LogP contribution in [0.2, 0.25) is 0 Å². The smallest absolute Gasteiger partial charge is 0.251 e. The van der Waals surface area contributed by atoms with Crippen molar-refractivity contribution >= 4 is 21.6 Å². The molecule has 0 saturated heterocycles. The zero-order valence-corrected chi connectivity index (χ0v) is 18.5. The van der Waals surface area contributed by atoms with Gasteiger partial charge in [-0.2, -0.15) is 4.31 Å². The number of nitrogens with one attached hydrogen (secondary N) is 1. The van der Waals surface area contributed by atoms with Crippen LogP contribution in [0.5, 0.6) is 0 Å². The zero-order chi connectivity index (χ0) is 21.4. The first-order chi connectivity index (χ1) is 13.8. The molecule has 1 N–H and O–H groups in total. The lowest BCUT2D eigenvalue weighted by molar-refractivity contribution is 0.0952. The summed E-state index contributed by atoms with van der Waals surface area (Å²) in [6, 6.07) is 14.8. The molecule has 0 bridgehead atoms. The molecule has 158 valence electrons. The molecule has 0 spiro atoms. The normalized spacial score (nSPS) is 11.5. The van der Waals surface area contributed by atoms with E-state index in [4.69, 9.17) is 0 Å². The summed E-state index contributed by atoms with van der Waals surface area (Å²) in [6.07, 6.45) is 0.785. The monoisotopic (exact) mass is 417 g/mol. The number of para-hydroxylation sites is 1. The molecule has 2 aromatic rings. The number of anilines is 1. The van der Waals surface area contributed by atoms with E-state index in [1.165, 1.54) is 10.4 Å². The number of sulfonamides is 1. The molecule has 0 aromatic heterocycles. The van der Waals surface area contributed by atoms with Crippen LogP contribution in [0.15, 0.2) is 53.4 Å². The van der Waals surface area contributed by atoms with Crippen LogP contribution in [0, 0.1) is 6.92 Å². The molecular formula is C22H31N3O3S. The maximum atomic E-state index is 12.7. The van der Waals surface area contributed by atoms with Crippen molar-refractivity contribution < 1.29 is 13.2 Å². The molecule has 0 aliphatic carbocycles. The molecule has 0 fully saturated rings. The maximum absolute atomic E-state index is 12.7. The fourth-order valence-corrected chi connectivity index (χ4v) is 4.63. The fraction of sp³-hybridized carbons (Fsp3) is 0.409. The molecule has 2 rings (SSSR count). The Morgan fingerprint density at radius 3 is 2.31 bits per heavy atom. The van der Waals surface area contributed by atoms with Gasteiger partial charge in [0, 0.05) is 44.5 Å². The molecule has 6 nitrogen and oxygen atoms in total. The van der Waals surface area contributed by atoms with Gasteiger partial charge >= 0.3 is 0 Å². The second kappa shape index (κ2) is 10.4. The highest BCUT2D eigenvalue weighted by Crippen LogP contribution is 2.19. The summed E-state index contributed by atoms with van der Waals surface area (Å²) in [5.74, 6) is -0.249. The number of carbonyl (C=O) groups is 1. The number of aryl methyl sites for hydroxylation is 1. The van der Waals surface area contributed by atoms with Crippen LogP contribution in [0.25, 0.3) is 0 Å². The summed E-state index contributed by atoms with van der Waals surface area (Å²) in [4.78, 5) is 14.9. The van der Waals surface area contributed by atoms with Crippen molar-refractivity contribution in [3.05, 3.63) is 59.7 Å². The minimum Gasteiger partial charge on any atom is -0.375 e. The summed E-state index contributed by atoms with van der Waals surface area (Å²) >= 11 is 0. The van der Waals surface area contributed by atoms with Gasteiger partial charge in [0.1, 0.15) is 0 Å². The predicted molar refractivity (Wildman–Crippen MR) is 118 cm³/mol. The molecule has 1 amide bonds. The van der Waals surface area contributed by atoms with Crippen molar-refractivity contribution in [1.29, 1.82) is 0 Å². The highest BCUT2D eigenvalue weighted by molar-refractivity contribution is 7.89. The number of hydrogen-bond acceptors (Lipinski definition) is 4. The number of carbonyl (C=O) groups excluding carboxylic acids is 1. The van der Waals surface area contributed by atoms with Crippen molar-refractivity contribution in [2.24, 2.45) is 0 Å². The van der Waals surface area contributed by atoms with Gasteiger partial charge in [0.25, 0.3) is 5.91 Å². The lowest BCUT2D eigenvalue weighted by Crippen LogP contribution is -2.31. The Labute approximate surface area is 174 Å². The molecule has 7 heteroatoms. The highest BCUT2D eigenvalue weighted by atomic mass is 32.2. The Morgan fingerprint density at radius 2 is 1.69 bits per heavy atom. The average molecular weight is 418 g/mol. The molecular weight excluding hydrogens is 386 g/mol. The van der Waals surface area contributed by atoms with E-state index in [0.29, 0.717) is 25.2 Å². The number of rotatable bonds is 10. The third-order valence-corrected chi connectivity index (χ3v) is 7.00. The Hall–Kier alpha value is -2.38. The molecule has 0 heterocycles. The number of nitrogens with zero attached hydrogens (tertiary/aromatic N) is 2. The Bertz CT molecular complexity index is 910. The molecule has 2 aromatic carbocycles. The van der Waals surface area contributed by atoms with Crippen LogP contribution in [0.1, 0.15) is 36.2 Å². The summed E-state index contributed by atoms with van der Waals surface area (Å²) in [5, 5.41) is 2.91. The summed E-state index contributed by atoms with van der Waals surface area (Å²) in [7, 11) is -1.58. The molecule has 0 unspecified atom stereocenters. The van der Waals surface area contributed by atoms with E-state index in [2.05, 4.69) is 10.2 Å². The molecule has 0 saturated carbocycles. The van der Waals surface area contributed by atoms with Crippen molar-refractivity contribution in [2.45, 2.75) is 32.1 Å². The van der Waals surface area contributed by atoms with Crippen molar-refractivity contribution in [3.63, 3.8) is 0 Å². The van der Waals surface area contributed by atoms with Crippen molar-refractivity contribution in [2.75, 3.05) is 38.1 Å². The van der Waals surface area contributed by atoms with Crippen LogP contribution < -0.4 is 10.2 Å².